The highest BCUT2D eigenvalue weighted by Gasteiger charge is 2.04. The van der Waals surface area contributed by atoms with Crippen molar-refractivity contribution >= 4 is 11.8 Å². The number of carbonyl (C=O) groups is 2. The van der Waals surface area contributed by atoms with E-state index in [4.69, 9.17) is 0 Å². The summed E-state index contributed by atoms with van der Waals surface area (Å²) in [5.41, 5.74) is 0. The van der Waals surface area contributed by atoms with Crippen LogP contribution in [-0.2, 0) is 14.3 Å². The second kappa shape index (κ2) is 10.1. The van der Waals surface area contributed by atoms with Crippen molar-refractivity contribution in [2.75, 3.05) is 26.8 Å². The molecule has 0 aromatic heterocycles. The third kappa shape index (κ3) is 9.81. The lowest BCUT2D eigenvalue weighted by Gasteiger charge is -2.07. The molecular weight excluding hydrogens is 220 g/mol. The summed E-state index contributed by atoms with van der Waals surface area (Å²) >= 11 is 0. The van der Waals surface area contributed by atoms with E-state index in [2.05, 4.69) is 15.4 Å². The highest BCUT2D eigenvalue weighted by Crippen LogP contribution is 1.94. The van der Waals surface area contributed by atoms with Crippen LogP contribution >= 0.6 is 0 Å². The van der Waals surface area contributed by atoms with E-state index in [1.165, 1.54) is 7.11 Å². The van der Waals surface area contributed by atoms with Crippen LogP contribution in [0.4, 0.5) is 0 Å². The van der Waals surface area contributed by atoms with E-state index in [-0.39, 0.29) is 24.3 Å². The van der Waals surface area contributed by atoms with E-state index in [9.17, 15) is 9.59 Å². The number of nitrogens with one attached hydrogen (secondary N) is 2. The molecule has 0 aliphatic heterocycles. The second-order valence-electron chi connectivity index (χ2n) is 4.29. The number of amides is 2. The molecule has 2 amide bonds. The Labute approximate surface area is 103 Å². The summed E-state index contributed by atoms with van der Waals surface area (Å²) in [6, 6.07) is 0. The Balaban J connectivity index is 3.24. The van der Waals surface area contributed by atoms with E-state index < -0.39 is 0 Å². The maximum Gasteiger partial charge on any atom is 0.245 e. The van der Waals surface area contributed by atoms with Crippen molar-refractivity contribution in [1.82, 2.24) is 10.6 Å². The molecule has 0 saturated heterocycles. The van der Waals surface area contributed by atoms with Gasteiger partial charge in [-0.15, -0.1) is 0 Å². The fraction of sp³-hybridized carbons (Fsp3) is 0.833. The van der Waals surface area contributed by atoms with E-state index in [1.807, 2.05) is 13.8 Å². The molecule has 0 atom stereocenters. The lowest BCUT2D eigenvalue weighted by Crippen LogP contribution is -2.29. The van der Waals surface area contributed by atoms with Crippen LogP contribution in [0, 0.1) is 5.92 Å². The number of hydrogen-bond acceptors (Lipinski definition) is 3. The van der Waals surface area contributed by atoms with Gasteiger partial charge in [0, 0.05) is 26.1 Å². The van der Waals surface area contributed by atoms with E-state index in [1.54, 1.807) is 0 Å². The standard InChI is InChI=1S/C12H24N2O3/c1-10(2)12(16)14-8-6-4-5-7-13-11(15)9-17-3/h10H,4-9H2,1-3H3,(H,13,15)(H,14,16). The number of carbonyl (C=O) groups excluding carboxylic acids is 2. The molecule has 5 nitrogen and oxygen atoms in total. The summed E-state index contributed by atoms with van der Waals surface area (Å²) in [4.78, 5) is 22.2. The lowest BCUT2D eigenvalue weighted by molar-refractivity contribution is -0.125. The van der Waals surface area contributed by atoms with E-state index in [0.29, 0.717) is 13.1 Å². The number of methoxy groups -OCH3 is 1. The van der Waals surface area contributed by atoms with Crippen molar-refractivity contribution in [3.8, 4) is 0 Å². The van der Waals surface area contributed by atoms with Gasteiger partial charge in [0.1, 0.15) is 6.61 Å². The Bertz CT molecular complexity index is 230. The molecule has 2 N–H and O–H groups in total. The number of hydrogen-bond donors (Lipinski definition) is 2. The molecule has 0 rings (SSSR count). The predicted octanol–water partition coefficient (Wildman–Crippen LogP) is 0.691. The Morgan fingerprint density at radius 2 is 1.65 bits per heavy atom. The molecule has 0 fully saturated rings. The minimum Gasteiger partial charge on any atom is -0.375 e. The number of unbranched alkanes of at least 4 members (excludes halogenated alkanes) is 2. The van der Waals surface area contributed by atoms with Crippen molar-refractivity contribution in [1.29, 1.82) is 0 Å². The van der Waals surface area contributed by atoms with Crippen molar-refractivity contribution in [3.05, 3.63) is 0 Å². The predicted molar refractivity (Wildman–Crippen MR) is 66.6 cm³/mol. The van der Waals surface area contributed by atoms with Gasteiger partial charge in [0.25, 0.3) is 0 Å². The van der Waals surface area contributed by atoms with Gasteiger partial charge in [0.05, 0.1) is 0 Å². The molecule has 0 radical (unpaired) electrons. The molecule has 0 spiro atoms. The van der Waals surface area contributed by atoms with Crippen molar-refractivity contribution in [3.63, 3.8) is 0 Å². The van der Waals surface area contributed by atoms with Crippen LogP contribution in [0.2, 0.25) is 0 Å². The normalized spacial score (nSPS) is 10.4. The van der Waals surface area contributed by atoms with Gasteiger partial charge < -0.3 is 15.4 Å². The van der Waals surface area contributed by atoms with Gasteiger partial charge in [-0.3, -0.25) is 9.59 Å². The Morgan fingerprint density at radius 1 is 1.06 bits per heavy atom. The zero-order chi connectivity index (χ0) is 13.1. The van der Waals surface area contributed by atoms with Gasteiger partial charge in [-0.25, -0.2) is 0 Å². The first-order valence-corrected chi connectivity index (χ1v) is 6.11. The molecule has 0 unspecified atom stereocenters. The van der Waals surface area contributed by atoms with Crippen molar-refractivity contribution < 1.29 is 14.3 Å². The van der Waals surface area contributed by atoms with Crippen LogP contribution in [-0.4, -0.2) is 38.6 Å². The maximum absolute atomic E-state index is 11.2. The lowest BCUT2D eigenvalue weighted by atomic mass is 10.2. The molecule has 5 heteroatoms. The molecule has 0 bridgehead atoms. The number of ether oxygens (including phenoxy) is 1. The Morgan fingerprint density at radius 3 is 2.18 bits per heavy atom. The van der Waals surface area contributed by atoms with Gasteiger partial charge in [-0.1, -0.05) is 13.8 Å². The van der Waals surface area contributed by atoms with Crippen LogP contribution in [0.1, 0.15) is 33.1 Å². The molecule has 0 aromatic carbocycles. The fourth-order valence-corrected chi connectivity index (χ4v) is 1.25. The smallest absolute Gasteiger partial charge is 0.245 e. The average molecular weight is 244 g/mol. The summed E-state index contributed by atoms with van der Waals surface area (Å²) in [6.45, 7) is 5.25. The SMILES string of the molecule is COCC(=O)NCCCCCNC(=O)C(C)C. The molecule has 100 valence electrons. The summed E-state index contributed by atoms with van der Waals surface area (Å²) < 4.78 is 4.69. The van der Waals surface area contributed by atoms with Gasteiger partial charge >= 0.3 is 0 Å². The maximum atomic E-state index is 11.2. The molecule has 0 saturated carbocycles. The Kier molecular flexibility index (Phi) is 9.43. The first-order valence-electron chi connectivity index (χ1n) is 6.11. The van der Waals surface area contributed by atoms with Crippen LogP contribution in [0.3, 0.4) is 0 Å². The summed E-state index contributed by atoms with van der Waals surface area (Å²) in [7, 11) is 1.50. The minimum absolute atomic E-state index is 0.0448. The van der Waals surface area contributed by atoms with Crippen molar-refractivity contribution in [2.24, 2.45) is 5.92 Å². The van der Waals surface area contributed by atoms with E-state index in [0.717, 1.165) is 19.3 Å². The van der Waals surface area contributed by atoms with Crippen molar-refractivity contribution in [2.45, 2.75) is 33.1 Å². The molecule has 0 aliphatic carbocycles. The average Bonchev–Trinajstić information content (AvgIpc) is 2.27. The highest BCUT2D eigenvalue weighted by atomic mass is 16.5. The molecule has 0 aliphatic rings. The summed E-state index contributed by atoms with van der Waals surface area (Å²) in [5.74, 6) is 0.0577. The van der Waals surface area contributed by atoms with Gasteiger partial charge in [-0.05, 0) is 19.3 Å². The molecule has 0 heterocycles. The third-order valence-corrected chi connectivity index (χ3v) is 2.27. The van der Waals surface area contributed by atoms with Crippen LogP contribution in [0.5, 0.6) is 0 Å². The topological polar surface area (TPSA) is 67.4 Å². The summed E-state index contributed by atoms with van der Waals surface area (Å²) in [5, 5.41) is 5.61. The van der Waals surface area contributed by atoms with Crippen LogP contribution in [0.25, 0.3) is 0 Å². The monoisotopic (exact) mass is 244 g/mol. The Hall–Kier alpha value is -1.10. The zero-order valence-electron chi connectivity index (χ0n) is 11.0. The van der Waals surface area contributed by atoms with Gasteiger partial charge in [0.15, 0.2) is 0 Å². The third-order valence-electron chi connectivity index (χ3n) is 2.27. The van der Waals surface area contributed by atoms with Crippen LogP contribution in [0.15, 0.2) is 0 Å². The summed E-state index contributed by atoms with van der Waals surface area (Å²) in [6.07, 6.45) is 2.86. The largest absolute Gasteiger partial charge is 0.375 e. The van der Waals surface area contributed by atoms with Crippen LogP contribution < -0.4 is 10.6 Å². The van der Waals surface area contributed by atoms with E-state index >= 15 is 0 Å². The fourth-order valence-electron chi connectivity index (χ4n) is 1.25. The molecule has 17 heavy (non-hydrogen) atoms. The quantitative estimate of drug-likeness (QED) is 0.586. The first-order chi connectivity index (χ1) is 8.07. The number of rotatable bonds is 9. The molecule has 0 aromatic rings. The highest BCUT2D eigenvalue weighted by molar-refractivity contribution is 5.77. The molecular formula is C12H24N2O3. The van der Waals surface area contributed by atoms with Gasteiger partial charge in [0.2, 0.25) is 11.8 Å². The minimum atomic E-state index is -0.0828. The van der Waals surface area contributed by atoms with Gasteiger partial charge in [-0.2, -0.15) is 0 Å². The zero-order valence-corrected chi connectivity index (χ0v) is 11.0. The second-order valence-corrected chi connectivity index (χ2v) is 4.29. The first kappa shape index (κ1) is 15.9.